The summed E-state index contributed by atoms with van der Waals surface area (Å²) in [7, 11) is 7.74. The molecule has 1 aromatic carbocycles. The molecule has 3 aliphatic carbocycles. The lowest BCUT2D eigenvalue weighted by Gasteiger charge is -2.55. The minimum absolute atomic E-state index is 0.00669. The van der Waals surface area contributed by atoms with Crippen molar-refractivity contribution >= 4 is 34.9 Å². The molecule has 0 bridgehead atoms. The molecule has 3 unspecified atom stereocenters. The van der Waals surface area contributed by atoms with Gasteiger partial charge in [0.25, 0.3) is 0 Å². The number of hydrogen-bond donors (Lipinski definition) is 4. The summed E-state index contributed by atoms with van der Waals surface area (Å²) in [4.78, 5) is 68.2. The van der Waals surface area contributed by atoms with Gasteiger partial charge in [0.15, 0.2) is 23.0 Å². The molecule has 39 heavy (non-hydrogen) atoms. The van der Waals surface area contributed by atoms with E-state index >= 15 is 0 Å². The molecular formula is C27H31N3O9. The van der Waals surface area contributed by atoms with E-state index < -0.39 is 76.4 Å². The standard InChI is InChI=1S/C27H31N3O9/c1-29(2)15-10-11(6-7-16(31)39-5)21(32)18-13(15)8-12-9-14-20(30(3)4)23(34)19(26(28)37)25(36)27(14,38)24(35)17(12)22(18)33/h10,12,14,17,19-20,23,32,34,38H,8-9H2,1-5H3,(H2,28,37)/t12-,14-,17?,19?,20-,23?,27-/m1/s1. The number of phenolic OH excluding ortho intramolecular Hbond substituents is 1. The lowest BCUT2D eigenvalue weighted by molar-refractivity contribution is -0.190. The Morgan fingerprint density at radius 3 is 2.33 bits per heavy atom. The van der Waals surface area contributed by atoms with Gasteiger partial charge in [-0.3, -0.25) is 19.2 Å². The monoisotopic (exact) mass is 541 g/mol. The molecule has 0 aromatic heterocycles. The molecule has 7 atom stereocenters. The van der Waals surface area contributed by atoms with Crippen molar-refractivity contribution in [2.75, 3.05) is 40.2 Å². The smallest absolute Gasteiger partial charge is 0.384 e. The van der Waals surface area contributed by atoms with Crippen molar-refractivity contribution in [2.45, 2.75) is 30.6 Å². The van der Waals surface area contributed by atoms with Crippen molar-refractivity contribution in [3.8, 4) is 17.6 Å². The number of carbonyl (C=O) groups is 5. The number of esters is 1. The first-order valence-electron chi connectivity index (χ1n) is 12.3. The number of likely N-dealkylation sites (N-methyl/N-ethyl adjacent to an activating group) is 1. The molecule has 12 heteroatoms. The summed E-state index contributed by atoms with van der Waals surface area (Å²) in [6, 6.07) is 0.538. The Morgan fingerprint density at radius 1 is 1.15 bits per heavy atom. The third-order valence-electron chi connectivity index (χ3n) is 8.23. The first-order chi connectivity index (χ1) is 18.2. The third-order valence-corrected chi connectivity index (χ3v) is 8.23. The van der Waals surface area contributed by atoms with Crippen LogP contribution in [0.5, 0.6) is 5.75 Å². The van der Waals surface area contributed by atoms with Gasteiger partial charge in [-0.25, -0.2) is 4.79 Å². The number of benzene rings is 1. The van der Waals surface area contributed by atoms with Gasteiger partial charge in [-0.15, -0.1) is 0 Å². The number of anilines is 1. The summed E-state index contributed by atoms with van der Waals surface area (Å²) >= 11 is 0. The van der Waals surface area contributed by atoms with Crippen molar-refractivity contribution in [1.29, 1.82) is 0 Å². The Bertz CT molecular complexity index is 1360. The van der Waals surface area contributed by atoms with Crippen LogP contribution < -0.4 is 10.6 Å². The lowest BCUT2D eigenvalue weighted by Crippen LogP contribution is -2.75. The van der Waals surface area contributed by atoms with Crippen molar-refractivity contribution < 1.29 is 44.0 Å². The Morgan fingerprint density at radius 2 is 1.79 bits per heavy atom. The van der Waals surface area contributed by atoms with Gasteiger partial charge in [0, 0.05) is 37.7 Å². The number of aromatic hydroxyl groups is 1. The summed E-state index contributed by atoms with van der Waals surface area (Å²) in [5.74, 6) is -6.17. The van der Waals surface area contributed by atoms with Gasteiger partial charge >= 0.3 is 5.97 Å². The molecule has 12 nitrogen and oxygen atoms in total. The molecule has 0 saturated heterocycles. The molecule has 1 amide bonds. The number of ketones is 3. The minimum atomic E-state index is -2.75. The topological polar surface area (TPSA) is 188 Å². The SMILES string of the molecule is COC(=O)C#Cc1cc(N(C)C)c2c(c1O)C(=O)C1C(=O)[C@@]3(O)C(=O)C(C(N)=O)C(O)[C@H](N(C)C)[C@H]3C[C@H]1C2. The molecule has 4 rings (SSSR count). The normalized spacial score (nSPS) is 31.4. The number of ether oxygens (including phenoxy) is 1. The number of amides is 1. The Labute approximate surface area is 224 Å². The number of phenols is 1. The zero-order valence-corrected chi connectivity index (χ0v) is 22.2. The number of Topliss-reactive ketones (excluding diaryl/α,β-unsaturated/α-hetero) is 3. The van der Waals surface area contributed by atoms with E-state index in [0.29, 0.717) is 11.3 Å². The van der Waals surface area contributed by atoms with Crippen LogP contribution in [0.25, 0.3) is 0 Å². The summed E-state index contributed by atoms with van der Waals surface area (Å²) in [5, 5.41) is 33.7. The van der Waals surface area contributed by atoms with E-state index in [1.54, 1.807) is 33.1 Å². The average molecular weight is 542 g/mol. The molecule has 208 valence electrons. The summed E-state index contributed by atoms with van der Waals surface area (Å²) in [5.41, 5.74) is 3.38. The van der Waals surface area contributed by atoms with E-state index in [1.165, 1.54) is 11.0 Å². The maximum absolute atomic E-state index is 13.9. The molecule has 0 heterocycles. The van der Waals surface area contributed by atoms with Gasteiger partial charge < -0.3 is 35.6 Å². The van der Waals surface area contributed by atoms with Crippen LogP contribution in [0.15, 0.2) is 6.07 Å². The summed E-state index contributed by atoms with van der Waals surface area (Å²) in [6.07, 6.45) is -1.42. The van der Waals surface area contributed by atoms with E-state index in [9.17, 15) is 39.3 Å². The molecule has 0 spiro atoms. The molecule has 2 fully saturated rings. The van der Waals surface area contributed by atoms with E-state index in [-0.39, 0.29) is 24.0 Å². The number of primary amides is 1. The van der Waals surface area contributed by atoms with Crippen LogP contribution in [0.1, 0.15) is 27.9 Å². The third kappa shape index (κ3) is 4.09. The first kappa shape index (κ1) is 28.2. The van der Waals surface area contributed by atoms with Crippen LogP contribution in [0.4, 0.5) is 5.69 Å². The highest BCUT2D eigenvalue weighted by Gasteiger charge is 2.69. The Hall–Kier alpha value is -3.79. The number of aliphatic hydroxyl groups is 2. The quantitative estimate of drug-likeness (QED) is 0.193. The highest BCUT2D eigenvalue weighted by atomic mass is 16.5. The number of nitrogens with zero attached hydrogens (tertiary/aromatic N) is 2. The highest BCUT2D eigenvalue weighted by Crippen LogP contribution is 2.52. The second-order valence-corrected chi connectivity index (χ2v) is 10.7. The van der Waals surface area contributed by atoms with E-state index in [1.807, 2.05) is 0 Å². The number of carbonyl (C=O) groups excluding carboxylic acids is 5. The van der Waals surface area contributed by atoms with Crippen LogP contribution in [-0.4, -0.2) is 102 Å². The number of nitrogens with two attached hydrogens (primary N) is 1. The molecule has 2 saturated carbocycles. The van der Waals surface area contributed by atoms with Gasteiger partial charge in [-0.05, 0) is 44.5 Å². The van der Waals surface area contributed by atoms with Gasteiger partial charge in [-0.1, -0.05) is 5.92 Å². The number of fused-ring (bicyclic) bond motifs is 3. The van der Waals surface area contributed by atoms with E-state index in [0.717, 1.165) is 7.11 Å². The van der Waals surface area contributed by atoms with Gasteiger partial charge in [0.2, 0.25) is 5.91 Å². The predicted octanol–water partition coefficient (Wildman–Crippen LogP) is -1.75. The zero-order chi connectivity index (χ0) is 29.1. The van der Waals surface area contributed by atoms with Crippen molar-refractivity contribution in [2.24, 2.45) is 29.4 Å². The Balaban J connectivity index is 1.90. The van der Waals surface area contributed by atoms with Gasteiger partial charge in [0.1, 0.15) is 11.7 Å². The van der Waals surface area contributed by atoms with Gasteiger partial charge in [0.05, 0.1) is 30.3 Å². The van der Waals surface area contributed by atoms with Crippen molar-refractivity contribution in [1.82, 2.24) is 4.90 Å². The van der Waals surface area contributed by atoms with E-state index in [2.05, 4.69) is 16.6 Å². The van der Waals surface area contributed by atoms with Crippen LogP contribution in [0.3, 0.4) is 0 Å². The van der Waals surface area contributed by atoms with Crippen LogP contribution in [-0.2, 0) is 30.3 Å². The fourth-order valence-corrected chi connectivity index (χ4v) is 6.53. The molecule has 3 aliphatic rings. The Kier molecular flexibility index (Phi) is 7.06. The summed E-state index contributed by atoms with van der Waals surface area (Å²) < 4.78 is 4.51. The van der Waals surface area contributed by atoms with Crippen molar-refractivity contribution in [3.63, 3.8) is 0 Å². The van der Waals surface area contributed by atoms with Gasteiger partial charge in [-0.2, -0.15) is 0 Å². The van der Waals surface area contributed by atoms with Crippen LogP contribution in [0.2, 0.25) is 0 Å². The first-order valence-corrected chi connectivity index (χ1v) is 12.3. The van der Waals surface area contributed by atoms with Crippen molar-refractivity contribution in [3.05, 3.63) is 22.8 Å². The van der Waals surface area contributed by atoms with E-state index in [4.69, 9.17) is 5.73 Å². The second kappa shape index (κ2) is 9.75. The molecule has 0 radical (unpaired) electrons. The maximum Gasteiger partial charge on any atom is 0.384 e. The second-order valence-electron chi connectivity index (χ2n) is 10.7. The molecule has 1 aromatic rings. The molecule has 0 aliphatic heterocycles. The lowest BCUT2D eigenvalue weighted by atomic mass is 9.52. The summed E-state index contributed by atoms with van der Waals surface area (Å²) in [6.45, 7) is 0. The zero-order valence-electron chi connectivity index (χ0n) is 22.2. The predicted molar refractivity (Wildman–Crippen MR) is 136 cm³/mol. The molecular weight excluding hydrogens is 510 g/mol. The molecule has 5 N–H and O–H groups in total. The van der Waals surface area contributed by atoms with Crippen LogP contribution >= 0.6 is 0 Å². The number of methoxy groups -OCH3 is 1. The maximum atomic E-state index is 13.9. The van der Waals surface area contributed by atoms with Crippen LogP contribution in [0, 0.1) is 35.5 Å². The number of rotatable bonds is 3. The number of hydrogen-bond acceptors (Lipinski definition) is 11. The minimum Gasteiger partial charge on any atom is -0.506 e. The largest absolute Gasteiger partial charge is 0.506 e. The number of aliphatic hydroxyl groups excluding tert-OH is 1. The fraction of sp³-hybridized carbons (Fsp3) is 0.519. The fourth-order valence-electron chi connectivity index (χ4n) is 6.53. The average Bonchev–Trinajstić information content (AvgIpc) is 2.84. The highest BCUT2D eigenvalue weighted by molar-refractivity contribution is 6.25.